The minimum Gasteiger partial charge on any atom is -0.496 e. The van der Waals surface area contributed by atoms with E-state index in [1.165, 1.54) is 4.68 Å². The number of methoxy groups -OCH3 is 1. The molecule has 2 heterocycles. The van der Waals surface area contributed by atoms with Gasteiger partial charge in [0.15, 0.2) is 17.3 Å². The van der Waals surface area contributed by atoms with E-state index < -0.39 is 0 Å². The van der Waals surface area contributed by atoms with Crippen LogP contribution in [0.1, 0.15) is 18.1 Å². The summed E-state index contributed by atoms with van der Waals surface area (Å²) in [7, 11) is 1.60. The molecule has 0 fully saturated rings. The second kappa shape index (κ2) is 12.4. The molecule has 0 amide bonds. The lowest BCUT2D eigenvalue weighted by Crippen LogP contribution is -2.20. The first-order valence-electron chi connectivity index (χ1n) is 13.4. The number of fused-ring (bicyclic) bond motifs is 2. The predicted molar refractivity (Wildman–Crippen MR) is 175 cm³/mol. The van der Waals surface area contributed by atoms with Gasteiger partial charge in [0, 0.05) is 14.5 Å². The first-order chi connectivity index (χ1) is 20.9. The molecule has 0 aliphatic heterocycles. The van der Waals surface area contributed by atoms with E-state index >= 15 is 0 Å². The molecule has 0 atom stereocenters. The van der Waals surface area contributed by atoms with Crippen LogP contribution < -0.4 is 19.8 Å². The van der Waals surface area contributed by atoms with Gasteiger partial charge in [-0.3, -0.25) is 4.79 Å². The normalized spacial score (nSPS) is 11.4. The van der Waals surface area contributed by atoms with Crippen LogP contribution in [-0.4, -0.2) is 29.6 Å². The van der Waals surface area contributed by atoms with Crippen LogP contribution in [0, 0.1) is 0 Å². The lowest BCUT2D eigenvalue weighted by atomic mass is 10.2. The number of rotatable bonds is 9. The number of benzene rings is 4. The fraction of sp³-hybridized carbons (Fsp3) is 0.121. The molecule has 216 valence electrons. The molecule has 0 bridgehead atoms. The minimum absolute atomic E-state index is 0.267. The Kier molecular flexibility index (Phi) is 8.31. The van der Waals surface area contributed by atoms with Gasteiger partial charge < -0.3 is 18.6 Å². The van der Waals surface area contributed by atoms with Crippen LogP contribution in [0.5, 0.6) is 17.2 Å². The van der Waals surface area contributed by atoms with Gasteiger partial charge in [-0.05, 0) is 73.2 Å². The van der Waals surface area contributed by atoms with E-state index in [4.69, 9.17) is 23.6 Å². The van der Waals surface area contributed by atoms with Crippen LogP contribution in [0.4, 0.5) is 0 Å². The highest BCUT2D eigenvalue weighted by molar-refractivity contribution is 9.11. The Morgan fingerprint density at radius 3 is 2.58 bits per heavy atom. The molecule has 0 aliphatic carbocycles. The molecule has 43 heavy (non-hydrogen) atoms. The third-order valence-corrected chi connectivity index (χ3v) is 7.94. The highest BCUT2D eigenvalue weighted by atomic mass is 79.9. The van der Waals surface area contributed by atoms with Crippen molar-refractivity contribution in [2.45, 2.75) is 13.5 Å². The third-order valence-electron chi connectivity index (χ3n) is 6.70. The molecule has 8 nitrogen and oxygen atoms in total. The number of hydrogen-bond donors (Lipinski definition) is 0. The number of para-hydroxylation sites is 1. The zero-order chi connectivity index (χ0) is 29.9. The summed E-state index contributed by atoms with van der Waals surface area (Å²) in [5.41, 5.74) is 2.53. The summed E-state index contributed by atoms with van der Waals surface area (Å²) in [5.74, 6) is 2.47. The van der Waals surface area contributed by atoms with Crippen LogP contribution in [0.2, 0.25) is 0 Å². The van der Waals surface area contributed by atoms with E-state index in [1.807, 2.05) is 67.6 Å². The first kappa shape index (κ1) is 28.7. The van der Waals surface area contributed by atoms with Crippen LogP contribution in [0.15, 0.2) is 108 Å². The zero-order valence-corrected chi connectivity index (χ0v) is 26.4. The average Bonchev–Trinajstić information content (AvgIpc) is 3.45. The van der Waals surface area contributed by atoms with Gasteiger partial charge in [0.25, 0.3) is 5.56 Å². The van der Waals surface area contributed by atoms with Crippen molar-refractivity contribution in [1.29, 1.82) is 0 Å². The maximum atomic E-state index is 13.7. The van der Waals surface area contributed by atoms with Gasteiger partial charge >= 0.3 is 0 Å². The van der Waals surface area contributed by atoms with E-state index in [9.17, 15) is 4.79 Å². The monoisotopic (exact) mass is 701 g/mol. The van der Waals surface area contributed by atoms with Gasteiger partial charge in [-0.2, -0.15) is 9.78 Å². The van der Waals surface area contributed by atoms with E-state index in [2.05, 4.69) is 37.0 Å². The zero-order valence-electron chi connectivity index (χ0n) is 23.2. The summed E-state index contributed by atoms with van der Waals surface area (Å²) < 4.78 is 26.8. The first-order valence-corrected chi connectivity index (χ1v) is 15.0. The summed E-state index contributed by atoms with van der Waals surface area (Å²) in [6.45, 7) is 2.71. The van der Waals surface area contributed by atoms with Crippen molar-refractivity contribution < 1.29 is 18.6 Å². The standard InChI is InChI=1S/C33H25Br2N3O5/c1-3-41-30-15-20(11-14-29(30)42-19-21-12-13-22(34)16-25(21)35)18-36-38-32(37-26-8-5-4-7-23(26)33(38)39)31-17-24-27(40-2)9-6-10-28(24)43-31/h4-18H,3,19H2,1-2H3. The second-order valence-electron chi connectivity index (χ2n) is 9.46. The smallest absolute Gasteiger partial charge is 0.282 e. The summed E-state index contributed by atoms with van der Waals surface area (Å²) >= 11 is 7.05. The van der Waals surface area contributed by atoms with E-state index in [0.717, 1.165) is 19.9 Å². The van der Waals surface area contributed by atoms with Crippen LogP contribution in [0.3, 0.4) is 0 Å². The van der Waals surface area contributed by atoms with E-state index in [-0.39, 0.29) is 11.4 Å². The maximum Gasteiger partial charge on any atom is 0.282 e. The number of hydrogen-bond acceptors (Lipinski definition) is 7. The molecular formula is C33H25Br2N3O5. The second-order valence-corrected chi connectivity index (χ2v) is 11.2. The van der Waals surface area contributed by atoms with Crippen molar-refractivity contribution in [2.75, 3.05) is 13.7 Å². The summed E-state index contributed by atoms with van der Waals surface area (Å²) in [6.07, 6.45) is 1.59. The Hall–Kier alpha value is -4.41. The molecule has 0 unspecified atom stereocenters. The molecule has 4 aromatic carbocycles. The molecule has 6 aromatic rings. The van der Waals surface area contributed by atoms with Crippen molar-refractivity contribution in [3.8, 4) is 28.8 Å². The van der Waals surface area contributed by atoms with Crippen LogP contribution >= 0.6 is 31.9 Å². The average molecular weight is 703 g/mol. The van der Waals surface area contributed by atoms with Crippen LogP contribution in [-0.2, 0) is 6.61 Å². The van der Waals surface area contributed by atoms with Crippen molar-refractivity contribution in [3.05, 3.63) is 115 Å². The lowest BCUT2D eigenvalue weighted by molar-refractivity contribution is 0.269. The van der Waals surface area contributed by atoms with Gasteiger partial charge in [-0.25, -0.2) is 4.98 Å². The van der Waals surface area contributed by atoms with E-state index in [1.54, 1.807) is 37.6 Å². The summed E-state index contributed by atoms with van der Waals surface area (Å²) in [4.78, 5) is 18.4. The van der Waals surface area contributed by atoms with Gasteiger partial charge in [-0.15, -0.1) is 0 Å². The molecule has 0 N–H and O–H groups in total. The molecule has 0 saturated carbocycles. The highest BCUT2D eigenvalue weighted by Gasteiger charge is 2.18. The molecule has 6 rings (SSSR count). The summed E-state index contributed by atoms with van der Waals surface area (Å²) in [6, 6.07) is 25.9. The number of nitrogens with zero attached hydrogens (tertiary/aromatic N) is 3. The SMILES string of the molecule is CCOc1cc(C=Nn2c(-c3cc4c(OC)cccc4o3)nc3ccccc3c2=O)ccc1OCc1ccc(Br)cc1Br. The van der Waals surface area contributed by atoms with Gasteiger partial charge in [0.05, 0.1) is 36.2 Å². The Balaban J connectivity index is 1.38. The van der Waals surface area contributed by atoms with Crippen molar-refractivity contribution in [3.63, 3.8) is 0 Å². The molecule has 0 radical (unpaired) electrons. The molecule has 2 aromatic heterocycles. The van der Waals surface area contributed by atoms with Crippen LogP contribution in [0.25, 0.3) is 33.5 Å². The van der Waals surface area contributed by atoms with Crippen molar-refractivity contribution in [1.82, 2.24) is 9.66 Å². The molecule has 0 aliphatic rings. The largest absolute Gasteiger partial charge is 0.496 e. The minimum atomic E-state index is -0.325. The van der Waals surface area contributed by atoms with Gasteiger partial charge in [0.2, 0.25) is 5.82 Å². The van der Waals surface area contributed by atoms with Gasteiger partial charge in [0.1, 0.15) is 17.9 Å². The maximum absolute atomic E-state index is 13.7. The Morgan fingerprint density at radius 1 is 0.907 bits per heavy atom. The topological polar surface area (TPSA) is 88.1 Å². The summed E-state index contributed by atoms with van der Waals surface area (Å²) in [5, 5.41) is 5.79. The molecule has 10 heteroatoms. The lowest BCUT2D eigenvalue weighted by Gasteiger charge is -2.13. The Labute approximate surface area is 263 Å². The third kappa shape index (κ3) is 5.93. The van der Waals surface area contributed by atoms with Crippen molar-refractivity contribution in [2.24, 2.45) is 5.10 Å². The highest BCUT2D eigenvalue weighted by Crippen LogP contribution is 2.33. The number of aromatic nitrogens is 2. The van der Waals surface area contributed by atoms with E-state index in [0.29, 0.717) is 58.3 Å². The quantitative estimate of drug-likeness (QED) is 0.141. The predicted octanol–water partition coefficient (Wildman–Crippen LogP) is 8.20. The number of halogens is 2. The Bertz CT molecular complexity index is 2050. The van der Waals surface area contributed by atoms with Gasteiger partial charge in [-0.1, -0.05) is 56.1 Å². The van der Waals surface area contributed by atoms with Crippen molar-refractivity contribution >= 4 is 59.9 Å². The molecular weight excluding hydrogens is 678 g/mol. The molecule has 0 spiro atoms. The number of furan rings is 1. The fourth-order valence-electron chi connectivity index (χ4n) is 4.62. The fourth-order valence-corrected chi connectivity index (χ4v) is 5.79. The Morgan fingerprint density at radius 2 is 1.77 bits per heavy atom. The number of ether oxygens (including phenoxy) is 3. The molecule has 0 saturated heterocycles.